The quantitative estimate of drug-likeness (QED) is 0.389. The lowest BCUT2D eigenvalue weighted by Crippen LogP contribution is -2.40. The molecular formula is C7H6BF3O7. The summed E-state index contributed by atoms with van der Waals surface area (Å²) in [5.41, 5.74) is 0. The third kappa shape index (κ3) is 3.62. The van der Waals surface area contributed by atoms with Gasteiger partial charge in [0.1, 0.15) is 0 Å². The standard InChI is InChI=1S/C7H6BF3O7/c1-15-4(12)2-3(7(9,10)11)16-8-17-5(13)6(14)18-8/h3H,2H2,1H3. The van der Waals surface area contributed by atoms with Crippen molar-refractivity contribution in [1.29, 1.82) is 0 Å². The zero-order chi connectivity index (χ0) is 13.9. The number of rotatable bonds is 4. The number of methoxy groups -OCH3 is 1. The molecule has 0 saturated carbocycles. The molecule has 0 bridgehead atoms. The Bertz CT molecular complexity index is 353. The Balaban J connectivity index is 2.65. The van der Waals surface area contributed by atoms with Gasteiger partial charge in [0, 0.05) is 0 Å². The van der Waals surface area contributed by atoms with Crippen LogP contribution < -0.4 is 0 Å². The van der Waals surface area contributed by atoms with E-state index in [1.807, 2.05) is 0 Å². The minimum atomic E-state index is -4.92. The number of halogens is 3. The minimum absolute atomic E-state index is 0.894. The Morgan fingerprint density at radius 1 is 1.33 bits per heavy atom. The Morgan fingerprint density at radius 3 is 2.22 bits per heavy atom. The van der Waals surface area contributed by atoms with E-state index in [4.69, 9.17) is 0 Å². The van der Waals surface area contributed by atoms with E-state index in [1.165, 1.54) is 0 Å². The van der Waals surface area contributed by atoms with E-state index in [0.717, 1.165) is 7.11 Å². The summed E-state index contributed by atoms with van der Waals surface area (Å²) in [6, 6.07) is 0. The van der Waals surface area contributed by atoms with Crippen molar-refractivity contribution in [1.82, 2.24) is 0 Å². The number of ether oxygens (including phenoxy) is 1. The van der Waals surface area contributed by atoms with Gasteiger partial charge in [-0.2, -0.15) is 13.2 Å². The summed E-state index contributed by atoms with van der Waals surface area (Å²) in [5, 5.41) is 0. The topological polar surface area (TPSA) is 88.1 Å². The summed E-state index contributed by atoms with van der Waals surface area (Å²) in [7, 11) is -1.23. The van der Waals surface area contributed by atoms with Gasteiger partial charge in [0.2, 0.25) is 0 Å². The third-order valence-corrected chi connectivity index (χ3v) is 1.79. The molecule has 7 nitrogen and oxygen atoms in total. The molecular weight excluding hydrogens is 264 g/mol. The number of carbonyl (C=O) groups is 3. The van der Waals surface area contributed by atoms with Crippen molar-refractivity contribution in [3.05, 3.63) is 0 Å². The first-order chi connectivity index (χ1) is 8.24. The van der Waals surface area contributed by atoms with Crippen LogP contribution in [0.5, 0.6) is 0 Å². The molecule has 1 saturated heterocycles. The normalized spacial score (nSPS) is 17.2. The van der Waals surface area contributed by atoms with Crippen molar-refractivity contribution in [2.45, 2.75) is 18.7 Å². The molecule has 0 amide bonds. The van der Waals surface area contributed by atoms with E-state index in [9.17, 15) is 27.6 Å². The predicted octanol–water partition coefficient (Wildman–Crippen LogP) is -0.418. The molecule has 0 aliphatic carbocycles. The predicted molar refractivity (Wildman–Crippen MR) is 45.5 cm³/mol. The van der Waals surface area contributed by atoms with E-state index < -0.39 is 43.9 Å². The van der Waals surface area contributed by atoms with Gasteiger partial charge in [-0.15, -0.1) is 0 Å². The number of hydrogen-bond donors (Lipinski definition) is 0. The van der Waals surface area contributed by atoms with E-state index in [1.54, 1.807) is 0 Å². The molecule has 1 unspecified atom stereocenters. The van der Waals surface area contributed by atoms with E-state index in [2.05, 4.69) is 18.7 Å². The fraction of sp³-hybridized carbons (Fsp3) is 0.571. The third-order valence-electron chi connectivity index (χ3n) is 1.79. The van der Waals surface area contributed by atoms with Crippen molar-refractivity contribution in [3.8, 4) is 0 Å². The fourth-order valence-electron chi connectivity index (χ4n) is 0.960. The summed E-state index contributed by atoms with van der Waals surface area (Å²) >= 11 is 0. The summed E-state index contributed by atoms with van der Waals surface area (Å²) in [6.07, 6.45) is -8.70. The molecule has 1 aliphatic heterocycles. The molecule has 0 aromatic heterocycles. The zero-order valence-electron chi connectivity index (χ0n) is 8.85. The van der Waals surface area contributed by atoms with Crippen LogP contribution in [0.2, 0.25) is 0 Å². The molecule has 18 heavy (non-hydrogen) atoms. The summed E-state index contributed by atoms with van der Waals surface area (Å²) in [4.78, 5) is 31.8. The molecule has 1 aliphatic rings. The maximum absolute atomic E-state index is 12.5. The van der Waals surface area contributed by atoms with Crippen molar-refractivity contribution in [2.24, 2.45) is 0 Å². The number of hydrogen-bond acceptors (Lipinski definition) is 7. The molecule has 1 heterocycles. The highest BCUT2D eigenvalue weighted by atomic mass is 19.4. The molecule has 1 atom stereocenters. The van der Waals surface area contributed by atoms with Crippen LogP contribution >= 0.6 is 0 Å². The molecule has 0 spiro atoms. The number of carbonyl (C=O) groups excluding carboxylic acids is 3. The van der Waals surface area contributed by atoms with E-state index in [0.29, 0.717) is 0 Å². The first-order valence-electron chi connectivity index (χ1n) is 4.44. The van der Waals surface area contributed by atoms with Crippen LogP contribution in [0.1, 0.15) is 6.42 Å². The van der Waals surface area contributed by atoms with Crippen LogP contribution in [0.25, 0.3) is 0 Å². The Kier molecular flexibility index (Phi) is 4.17. The molecule has 1 fully saturated rings. The smallest absolute Gasteiger partial charge is 0.469 e. The van der Waals surface area contributed by atoms with Gasteiger partial charge in [-0.1, -0.05) is 0 Å². The first kappa shape index (κ1) is 14.3. The van der Waals surface area contributed by atoms with Crippen LogP contribution in [0.4, 0.5) is 13.2 Å². The minimum Gasteiger partial charge on any atom is -0.469 e. The van der Waals surface area contributed by atoms with Gasteiger partial charge in [-0.25, -0.2) is 9.59 Å². The molecule has 0 aromatic rings. The lowest BCUT2D eigenvalue weighted by atomic mass is 10.1. The Hall–Kier alpha value is -1.78. The highest BCUT2D eigenvalue weighted by Crippen LogP contribution is 2.27. The first-order valence-corrected chi connectivity index (χ1v) is 4.44. The van der Waals surface area contributed by atoms with E-state index in [-0.39, 0.29) is 0 Å². The van der Waals surface area contributed by atoms with Crippen LogP contribution in [-0.2, 0) is 33.1 Å². The van der Waals surface area contributed by atoms with Gasteiger partial charge in [0.05, 0.1) is 13.5 Å². The van der Waals surface area contributed by atoms with Gasteiger partial charge in [-0.05, 0) is 0 Å². The molecule has 100 valence electrons. The van der Waals surface area contributed by atoms with Crippen LogP contribution in [0.15, 0.2) is 0 Å². The summed E-state index contributed by atoms with van der Waals surface area (Å²) in [5.74, 6) is -4.13. The highest BCUT2D eigenvalue weighted by Gasteiger charge is 2.51. The number of alkyl halides is 3. The Morgan fingerprint density at radius 2 is 1.83 bits per heavy atom. The lowest BCUT2D eigenvalue weighted by molar-refractivity contribution is -0.207. The van der Waals surface area contributed by atoms with Crippen LogP contribution in [0.3, 0.4) is 0 Å². The number of esters is 1. The molecule has 0 aromatic carbocycles. The SMILES string of the molecule is COC(=O)CC(OB1OC(=O)C(=O)O1)C(F)(F)F. The second-order valence-corrected chi connectivity index (χ2v) is 3.05. The van der Waals surface area contributed by atoms with Crippen LogP contribution in [-0.4, -0.2) is 44.6 Å². The summed E-state index contributed by atoms with van der Waals surface area (Å²) < 4.78 is 53.6. The van der Waals surface area contributed by atoms with Gasteiger partial charge in [0.15, 0.2) is 6.10 Å². The average Bonchev–Trinajstić information content (AvgIpc) is 2.55. The maximum Gasteiger partial charge on any atom is 0.793 e. The Labute approximate surface area is 98.3 Å². The molecule has 11 heteroatoms. The van der Waals surface area contributed by atoms with Crippen molar-refractivity contribution in [3.63, 3.8) is 0 Å². The second kappa shape index (κ2) is 5.25. The molecule has 0 radical (unpaired) electrons. The van der Waals surface area contributed by atoms with Gasteiger partial charge in [0.25, 0.3) is 0 Å². The maximum atomic E-state index is 12.5. The highest BCUT2D eigenvalue weighted by molar-refractivity contribution is 6.55. The van der Waals surface area contributed by atoms with Crippen molar-refractivity contribution < 1.29 is 46.3 Å². The second-order valence-electron chi connectivity index (χ2n) is 3.05. The lowest BCUT2D eigenvalue weighted by Gasteiger charge is -2.19. The monoisotopic (exact) mass is 270 g/mol. The van der Waals surface area contributed by atoms with Gasteiger partial charge in [-0.3, -0.25) is 4.79 Å². The van der Waals surface area contributed by atoms with E-state index >= 15 is 0 Å². The van der Waals surface area contributed by atoms with Crippen molar-refractivity contribution in [2.75, 3.05) is 7.11 Å². The average molecular weight is 270 g/mol. The summed E-state index contributed by atoms with van der Waals surface area (Å²) in [6.45, 7) is 0. The molecule has 0 N–H and O–H groups in total. The molecule has 1 rings (SSSR count). The van der Waals surface area contributed by atoms with Crippen LogP contribution in [0, 0.1) is 0 Å². The van der Waals surface area contributed by atoms with Gasteiger partial charge < -0.3 is 18.7 Å². The zero-order valence-corrected chi connectivity index (χ0v) is 8.85. The van der Waals surface area contributed by atoms with Gasteiger partial charge >= 0.3 is 31.4 Å². The van der Waals surface area contributed by atoms with Crippen molar-refractivity contribution >= 4 is 25.2 Å². The fourth-order valence-corrected chi connectivity index (χ4v) is 0.960. The largest absolute Gasteiger partial charge is 0.793 e.